The lowest BCUT2D eigenvalue weighted by Crippen LogP contribution is -2.24. The maximum Gasteiger partial charge on any atom is 0.228 e. The van der Waals surface area contributed by atoms with Crippen molar-refractivity contribution in [1.29, 1.82) is 0 Å². The zero-order chi connectivity index (χ0) is 18.1. The molecule has 0 bridgehead atoms. The number of aryl methyl sites for hydroxylation is 1. The summed E-state index contributed by atoms with van der Waals surface area (Å²) in [6.45, 7) is 8.17. The molecule has 1 amide bonds. The second kappa shape index (κ2) is 7.12. The number of rotatable bonds is 5. The predicted octanol–water partition coefficient (Wildman–Crippen LogP) is 3.63. The summed E-state index contributed by atoms with van der Waals surface area (Å²) in [6, 6.07) is 6.07. The van der Waals surface area contributed by atoms with E-state index in [0.717, 1.165) is 35.3 Å². The molecular weight excluding hydrogens is 334 g/mol. The van der Waals surface area contributed by atoms with Crippen LogP contribution < -0.4 is 5.32 Å². The number of nitrogens with one attached hydrogen (secondary N) is 1. The van der Waals surface area contributed by atoms with Gasteiger partial charge in [0, 0.05) is 22.3 Å². The fourth-order valence-corrected chi connectivity index (χ4v) is 4.54. The molecule has 0 saturated carbocycles. The minimum absolute atomic E-state index is 0.0111. The van der Waals surface area contributed by atoms with Gasteiger partial charge in [0.25, 0.3) is 0 Å². The average molecular weight is 359 g/mol. The fraction of sp³-hybridized carbons (Fsp3) is 0.474. The number of nitrogens with zero attached hydrogens (tertiary/aromatic N) is 2. The van der Waals surface area contributed by atoms with Crippen molar-refractivity contribution in [2.24, 2.45) is 5.92 Å². The first-order valence-electron chi connectivity index (χ1n) is 8.79. The van der Waals surface area contributed by atoms with E-state index in [1.165, 1.54) is 5.56 Å². The van der Waals surface area contributed by atoms with E-state index in [1.807, 2.05) is 30.7 Å². The maximum atomic E-state index is 12.7. The lowest BCUT2D eigenvalue weighted by Gasteiger charge is -2.17. The van der Waals surface area contributed by atoms with Gasteiger partial charge in [-0.15, -0.1) is 0 Å². The van der Waals surface area contributed by atoms with Crippen LogP contribution in [0.1, 0.15) is 49.1 Å². The van der Waals surface area contributed by atoms with Crippen molar-refractivity contribution < 1.29 is 9.00 Å². The molecule has 5 nitrogen and oxygen atoms in total. The Bertz CT molecular complexity index is 837. The second-order valence-electron chi connectivity index (χ2n) is 6.64. The van der Waals surface area contributed by atoms with Gasteiger partial charge in [0.2, 0.25) is 5.91 Å². The van der Waals surface area contributed by atoms with Crippen molar-refractivity contribution >= 4 is 22.5 Å². The van der Waals surface area contributed by atoms with E-state index in [2.05, 4.69) is 30.3 Å². The van der Waals surface area contributed by atoms with Crippen molar-refractivity contribution in [3.63, 3.8) is 0 Å². The lowest BCUT2D eigenvalue weighted by molar-refractivity contribution is -0.120. The van der Waals surface area contributed by atoms with Crippen LogP contribution in [0.15, 0.2) is 18.2 Å². The molecule has 0 saturated heterocycles. The number of hydrogen-bond acceptors (Lipinski definition) is 3. The van der Waals surface area contributed by atoms with E-state index < -0.39 is 10.8 Å². The molecule has 0 spiro atoms. The first-order chi connectivity index (χ1) is 12.0. The zero-order valence-corrected chi connectivity index (χ0v) is 16.1. The van der Waals surface area contributed by atoms with Crippen LogP contribution in [-0.2, 0) is 27.1 Å². The molecule has 0 radical (unpaired) electrons. The SMILES string of the molecule is CCC(CC)C(=O)Nc1c2c(nn1-c1cccc(C)c1C)C[S@](=O)C2. The van der Waals surface area contributed by atoms with Crippen molar-refractivity contribution in [3.8, 4) is 5.69 Å². The lowest BCUT2D eigenvalue weighted by atomic mass is 10.0. The highest BCUT2D eigenvalue weighted by molar-refractivity contribution is 7.83. The number of carbonyl (C=O) groups excluding carboxylic acids is 1. The van der Waals surface area contributed by atoms with Gasteiger partial charge in [-0.05, 0) is 43.9 Å². The van der Waals surface area contributed by atoms with Gasteiger partial charge < -0.3 is 5.32 Å². The Morgan fingerprint density at radius 3 is 2.68 bits per heavy atom. The van der Waals surface area contributed by atoms with E-state index in [-0.39, 0.29) is 11.8 Å². The summed E-state index contributed by atoms with van der Waals surface area (Å²) in [5.41, 5.74) is 5.01. The highest BCUT2D eigenvalue weighted by atomic mass is 32.2. The Labute approximate surface area is 151 Å². The van der Waals surface area contributed by atoms with Gasteiger partial charge in [-0.2, -0.15) is 5.10 Å². The first-order valence-corrected chi connectivity index (χ1v) is 10.3. The largest absolute Gasteiger partial charge is 0.310 e. The molecule has 0 fully saturated rings. The quantitative estimate of drug-likeness (QED) is 0.887. The van der Waals surface area contributed by atoms with Crippen LogP contribution in [0.25, 0.3) is 5.69 Å². The molecule has 0 unspecified atom stereocenters. The predicted molar refractivity (Wildman–Crippen MR) is 101 cm³/mol. The Balaban J connectivity index is 2.08. The van der Waals surface area contributed by atoms with E-state index in [4.69, 9.17) is 0 Å². The molecule has 134 valence electrons. The number of carbonyl (C=O) groups is 1. The maximum absolute atomic E-state index is 12.7. The molecule has 1 N–H and O–H groups in total. The minimum Gasteiger partial charge on any atom is -0.310 e. The Hall–Kier alpha value is -1.95. The van der Waals surface area contributed by atoms with E-state index >= 15 is 0 Å². The Morgan fingerprint density at radius 2 is 2.00 bits per heavy atom. The molecule has 2 heterocycles. The van der Waals surface area contributed by atoms with Gasteiger partial charge in [-0.1, -0.05) is 26.0 Å². The Kier molecular flexibility index (Phi) is 5.08. The standard InChI is InChI=1S/C19H25N3O2S/c1-5-14(6-2)19(23)20-18-15-10-25(24)11-16(15)21-22(18)17-9-7-8-12(3)13(17)4/h7-9,14H,5-6,10-11H2,1-4H3,(H,20,23)/t25-/m1/s1. The van der Waals surface area contributed by atoms with Crippen LogP contribution in [-0.4, -0.2) is 19.9 Å². The van der Waals surface area contributed by atoms with Gasteiger partial charge in [0.1, 0.15) is 5.82 Å². The van der Waals surface area contributed by atoms with Crippen molar-refractivity contribution in [1.82, 2.24) is 9.78 Å². The summed E-state index contributed by atoms with van der Waals surface area (Å²) in [4.78, 5) is 12.7. The number of fused-ring (bicyclic) bond motifs is 1. The topological polar surface area (TPSA) is 64.0 Å². The molecule has 3 rings (SSSR count). The molecule has 1 aliphatic heterocycles. The van der Waals surface area contributed by atoms with Gasteiger partial charge in [-0.25, -0.2) is 4.68 Å². The number of benzene rings is 1. The molecule has 2 aromatic rings. The number of anilines is 1. The number of aromatic nitrogens is 2. The van der Waals surface area contributed by atoms with Crippen molar-refractivity contribution in [3.05, 3.63) is 40.6 Å². The summed E-state index contributed by atoms with van der Waals surface area (Å²) in [5, 5.41) is 7.77. The van der Waals surface area contributed by atoms with Gasteiger partial charge in [0.15, 0.2) is 0 Å². The molecule has 0 aliphatic carbocycles. The van der Waals surface area contributed by atoms with Crippen molar-refractivity contribution in [2.45, 2.75) is 52.0 Å². The Morgan fingerprint density at radius 1 is 1.28 bits per heavy atom. The van der Waals surface area contributed by atoms with E-state index in [0.29, 0.717) is 17.3 Å². The highest BCUT2D eigenvalue weighted by Gasteiger charge is 2.29. The molecule has 1 atom stereocenters. The van der Waals surface area contributed by atoms with Gasteiger partial charge >= 0.3 is 0 Å². The number of amides is 1. The molecule has 1 aromatic carbocycles. The van der Waals surface area contributed by atoms with Gasteiger partial charge in [-0.3, -0.25) is 9.00 Å². The average Bonchev–Trinajstić information content (AvgIpc) is 3.09. The summed E-state index contributed by atoms with van der Waals surface area (Å²) in [5.74, 6) is 1.59. The minimum atomic E-state index is -0.929. The van der Waals surface area contributed by atoms with Crippen LogP contribution in [0.5, 0.6) is 0 Å². The number of hydrogen-bond donors (Lipinski definition) is 1. The zero-order valence-electron chi connectivity index (χ0n) is 15.3. The normalized spacial score (nSPS) is 16.3. The third-order valence-corrected chi connectivity index (χ3v) is 6.28. The first kappa shape index (κ1) is 17.9. The molecule has 25 heavy (non-hydrogen) atoms. The highest BCUT2D eigenvalue weighted by Crippen LogP contribution is 2.33. The molecule has 1 aromatic heterocycles. The molecule has 6 heteroatoms. The third kappa shape index (κ3) is 3.27. The molecule has 1 aliphatic rings. The van der Waals surface area contributed by atoms with Crippen LogP contribution in [0, 0.1) is 19.8 Å². The van der Waals surface area contributed by atoms with Crippen LogP contribution in [0.3, 0.4) is 0 Å². The van der Waals surface area contributed by atoms with Crippen molar-refractivity contribution in [2.75, 3.05) is 5.32 Å². The summed E-state index contributed by atoms with van der Waals surface area (Å²) >= 11 is 0. The fourth-order valence-electron chi connectivity index (χ4n) is 3.27. The van der Waals surface area contributed by atoms with E-state index in [9.17, 15) is 9.00 Å². The third-order valence-electron chi connectivity index (χ3n) is 5.07. The van der Waals surface area contributed by atoms with Gasteiger partial charge in [0.05, 0.1) is 22.9 Å². The summed E-state index contributed by atoms with van der Waals surface area (Å²) < 4.78 is 13.8. The van der Waals surface area contributed by atoms with Crippen LogP contribution in [0.4, 0.5) is 5.82 Å². The monoisotopic (exact) mass is 359 g/mol. The van der Waals surface area contributed by atoms with Crippen LogP contribution >= 0.6 is 0 Å². The van der Waals surface area contributed by atoms with Crippen LogP contribution in [0.2, 0.25) is 0 Å². The molecular formula is C19H25N3O2S. The summed E-state index contributed by atoms with van der Waals surface area (Å²) in [7, 11) is -0.929. The summed E-state index contributed by atoms with van der Waals surface area (Å²) in [6.07, 6.45) is 1.60. The second-order valence-corrected chi connectivity index (χ2v) is 8.09. The smallest absolute Gasteiger partial charge is 0.228 e. The van der Waals surface area contributed by atoms with E-state index in [1.54, 1.807) is 0 Å².